The first-order valence-electron chi connectivity index (χ1n) is 4.41. The molecule has 1 rings (SSSR count). The van der Waals surface area contributed by atoms with Gasteiger partial charge in [0.25, 0.3) is 0 Å². The third-order valence-electron chi connectivity index (χ3n) is 1.66. The van der Waals surface area contributed by atoms with Gasteiger partial charge in [-0.1, -0.05) is 6.07 Å². The molecule has 0 spiro atoms. The van der Waals surface area contributed by atoms with Crippen molar-refractivity contribution in [3.05, 3.63) is 23.8 Å². The summed E-state index contributed by atoms with van der Waals surface area (Å²) in [6, 6.07) is 3.69. The molecule has 0 aliphatic rings. The maximum Gasteiger partial charge on any atom is 0.573 e. The zero-order valence-corrected chi connectivity index (χ0v) is 9.82. The van der Waals surface area contributed by atoms with Crippen LogP contribution >= 0.6 is 0 Å². The molecule has 0 bridgehead atoms. The molecule has 0 aliphatic heterocycles. The summed E-state index contributed by atoms with van der Waals surface area (Å²) in [6.45, 7) is 1.62. The first-order valence-corrected chi connectivity index (χ1v) is 6.30. The Morgan fingerprint density at radius 2 is 1.88 bits per heavy atom. The molecule has 17 heavy (non-hydrogen) atoms. The molecule has 0 aromatic heterocycles. The van der Waals surface area contributed by atoms with Gasteiger partial charge in [-0.15, -0.1) is 13.2 Å². The normalized spacial score (nSPS) is 12.3. The summed E-state index contributed by atoms with van der Waals surface area (Å²) in [5.41, 5.74) is 0.357. The Labute approximate surface area is 96.4 Å². The van der Waals surface area contributed by atoms with E-state index in [0.717, 1.165) is 12.3 Å². The Balaban J connectivity index is 3.13. The van der Waals surface area contributed by atoms with Crippen molar-refractivity contribution >= 4 is 15.7 Å². The Kier molecular flexibility index (Phi) is 3.56. The smallest absolute Gasteiger partial charge is 0.404 e. The van der Waals surface area contributed by atoms with Crippen molar-refractivity contribution < 1.29 is 26.3 Å². The molecule has 0 saturated carbocycles. The SMILES string of the molecule is Cc1ccc(OC(F)(F)F)c(NS(C)(=O)=O)c1. The largest absolute Gasteiger partial charge is 0.573 e. The monoisotopic (exact) mass is 269 g/mol. The van der Waals surface area contributed by atoms with Gasteiger partial charge in [-0.05, 0) is 24.6 Å². The van der Waals surface area contributed by atoms with Gasteiger partial charge in [-0.2, -0.15) is 0 Å². The minimum absolute atomic E-state index is 0.246. The number of rotatable bonds is 3. The van der Waals surface area contributed by atoms with Crippen LogP contribution in [0.4, 0.5) is 18.9 Å². The van der Waals surface area contributed by atoms with Crippen LogP contribution in [0.3, 0.4) is 0 Å². The average Bonchev–Trinajstić information content (AvgIpc) is 2.05. The van der Waals surface area contributed by atoms with Crippen molar-refractivity contribution in [1.29, 1.82) is 0 Å². The lowest BCUT2D eigenvalue weighted by Crippen LogP contribution is -2.19. The van der Waals surface area contributed by atoms with Crippen molar-refractivity contribution in [3.8, 4) is 5.75 Å². The fourth-order valence-corrected chi connectivity index (χ4v) is 1.70. The second-order valence-electron chi connectivity index (χ2n) is 3.42. The minimum Gasteiger partial charge on any atom is -0.404 e. The molecular weight excluding hydrogens is 259 g/mol. The van der Waals surface area contributed by atoms with Gasteiger partial charge in [-0.25, -0.2) is 8.42 Å². The molecular formula is C9H10F3NO3S. The molecule has 96 valence electrons. The van der Waals surface area contributed by atoms with Crippen LogP contribution in [0.2, 0.25) is 0 Å². The summed E-state index contributed by atoms with van der Waals surface area (Å²) < 4.78 is 63.8. The van der Waals surface area contributed by atoms with Gasteiger partial charge in [0.1, 0.15) is 0 Å². The fraction of sp³-hybridized carbons (Fsp3) is 0.333. The Morgan fingerprint density at radius 3 is 2.35 bits per heavy atom. The maximum atomic E-state index is 12.1. The van der Waals surface area contributed by atoms with Crippen LogP contribution in [0.5, 0.6) is 5.75 Å². The number of benzene rings is 1. The zero-order valence-electron chi connectivity index (χ0n) is 9.00. The van der Waals surface area contributed by atoms with E-state index in [9.17, 15) is 21.6 Å². The highest BCUT2D eigenvalue weighted by Crippen LogP contribution is 2.31. The number of hydrogen-bond donors (Lipinski definition) is 1. The lowest BCUT2D eigenvalue weighted by Gasteiger charge is -2.14. The van der Waals surface area contributed by atoms with Crippen molar-refractivity contribution in [1.82, 2.24) is 0 Å². The minimum atomic E-state index is -4.87. The summed E-state index contributed by atoms with van der Waals surface area (Å²) >= 11 is 0. The lowest BCUT2D eigenvalue weighted by molar-refractivity contribution is -0.274. The topological polar surface area (TPSA) is 55.4 Å². The first-order chi connectivity index (χ1) is 7.57. The highest BCUT2D eigenvalue weighted by Gasteiger charge is 2.32. The molecule has 0 heterocycles. The van der Waals surface area contributed by atoms with Crippen molar-refractivity contribution in [3.63, 3.8) is 0 Å². The van der Waals surface area contributed by atoms with Gasteiger partial charge >= 0.3 is 6.36 Å². The fourth-order valence-electron chi connectivity index (χ4n) is 1.14. The van der Waals surface area contributed by atoms with E-state index in [-0.39, 0.29) is 5.69 Å². The number of halogens is 3. The standard InChI is InChI=1S/C9H10F3NO3S/c1-6-3-4-8(16-9(10,11)12)7(5-6)13-17(2,14)15/h3-5,13H,1-2H3. The van der Waals surface area contributed by atoms with Crippen LogP contribution in [-0.4, -0.2) is 21.0 Å². The number of aryl methyl sites for hydroxylation is 1. The summed E-state index contributed by atoms with van der Waals surface area (Å²) in [5, 5.41) is 0. The van der Waals surface area contributed by atoms with Crippen LogP contribution in [0.15, 0.2) is 18.2 Å². The summed E-state index contributed by atoms with van der Waals surface area (Å²) in [6.07, 6.45) is -4.03. The molecule has 0 unspecified atom stereocenters. The molecule has 1 aromatic rings. The van der Waals surface area contributed by atoms with Gasteiger partial charge in [0.05, 0.1) is 11.9 Å². The molecule has 1 N–H and O–H groups in total. The number of nitrogens with one attached hydrogen (secondary N) is 1. The molecule has 1 aromatic carbocycles. The van der Waals surface area contributed by atoms with E-state index < -0.39 is 22.1 Å². The number of ether oxygens (including phenoxy) is 1. The van der Waals surface area contributed by atoms with Gasteiger partial charge in [0.2, 0.25) is 10.0 Å². The molecule has 0 saturated heterocycles. The zero-order chi connectivity index (χ0) is 13.3. The molecule has 0 amide bonds. The number of alkyl halides is 3. The van der Waals surface area contributed by atoms with Crippen LogP contribution in [0.25, 0.3) is 0 Å². The first kappa shape index (κ1) is 13.6. The summed E-state index contributed by atoms with van der Waals surface area (Å²) in [4.78, 5) is 0. The van der Waals surface area contributed by atoms with Gasteiger partial charge in [-0.3, -0.25) is 4.72 Å². The molecule has 8 heteroatoms. The van der Waals surface area contributed by atoms with Gasteiger partial charge < -0.3 is 4.74 Å². The second kappa shape index (κ2) is 4.44. The summed E-state index contributed by atoms with van der Waals surface area (Å²) in [5.74, 6) is -0.589. The van der Waals surface area contributed by atoms with Gasteiger partial charge in [0, 0.05) is 0 Å². The van der Waals surface area contributed by atoms with E-state index in [1.165, 1.54) is 12.1 Å². The Hall–Kier alpha value is -1.44. The molecule has 0 radical (unpaired) electrons. The molecule has 0 atom stereocenters. The number of sulfonamides is 1. The van der Waals surface area contributed by atoms with E-state index in [1.54, 1.807) is 6.92 Å². The average molecular weight is 269 g/mol. The number of hydrogen-bond acceptors (Lipinski definition) is 3. The third kappa shape index (κ3) is 4.94. The van der Waals surface area contributed by atoms with Crippen LogP contribution in [0, 0.1) is 6.92 Å². The van der Waals surface area contributed by atoms with E-state index in [0.29, 0.717) is 5.56 Å². The van der Waals surface area contributed by atoms with Crippen LogP contribution < -0.4 is 9.46 Å². The lowest BCUT2D eigenvalue weighted by atomic mass is 10.2. The highest BCUT2D eigenvalue weighted by molar-refractivity contribution is 7.92. The van der Waals surface area contributed by atoms with Crippen LogP contribution in [-0.2, 0) is 10.0 Å². The third-order valence-corrected chi connectivity index (χ3v) is 2.25. The quantitative estimate of drug-likeness (QED) is 0.915. The molecule has 4 nitrogen and oxygen atoms in total. The highest BCUT2D eigenvalue weighted by atomic mass is 32.2. The van der Waals surface area contributed by atoms with E-state index >= 15 is 0 Å². The molecule has 0 fully saturated rings. The Bertz CT molecular complexity index is 511. The van der Waals surface area contributed by atoms with Crippen LogP contribution in [0.1, 0.15) is 5.56 Å². The van der Waals surface area contributed by atoms with Crippen molar-refractivity contribution in [2.75, 3.05) is 11.0 Å². The van der Waals surface area contributed by atoms with Crippen molar-refractivity contribution in [2.24, 2.45) is 0 Å². The molecule has 0 aliphatic carbocycles. The van der Waals surface area contributed by atoms with E-state index in [2.05, 4.69) is 4.74 Å². The predicted octanol–water partition coefficient (Wildman–Crippen LogP) is 2.27. The Morgan fingerprint density at radius 1 is 1.29 bits per heavy atom. The van der Waals surface area contributed by atoms with E-state index in [4.69, 9.17) is 0 Å². The van der Waals surface area contributed by atoms with E-state index in [1.807, 2.05) is 4.72 Å². The maximum absolute atomic E-state index is 12.1. The second-order valence-corrected chi connectivity index (χ2v) is 5.17. The van der Waals surface area contributed by atoms with Crippen molar-refractivity contribution in [2.45, 2.75) is 13.3 Å². The van der Waals surface area contributed by atoms with Gasteiger partial charge in [0.15, 0.2) is 5.75 Å². The summed E-state index contributed by atoms with van der Waals surface area (Å²) in [7, 11) is -3.67. The number of anilines is 1. The predicted molar refractivity (Wildman–Crippen MR) is 56.3 cm³/mol.